The van der Waals surface area contributed by atoms with Gasteiger partial charge in [-0.3, -0.25) is 4.68 Å². The molecular formula is C16H27N5O. The molecule has 1 heterocycles. The monoisotopic (exact) mass is 305 g/mol. The maximum absolute atomic E-state index is 6.16. The lowest BCUT2D eigenvalue weighted by Crippen LogP contribution is -2.51. The zero-order valence-corrected chi connectivity index (χ0v) is 13.9. The van der Waals surface area contributed by atoms with E-state index in [2.05, 4.69) is 30.8 Å². The second-order valence-corrected chi connectivity index (χ2v) is 7.38. The van der Waals surface area contributed by atoms with Crippen LogP contribution in [0.2, 0.25) is 0 Å². The molecule has 1 aromatic heterocycles. The van der Waals surface area contributed by atoms with E-state index in [0.29, 0.717) is 12.0 Å². The summed E-state index contributed by atoms with van der Waals surface area (Å²) < 4.78 is 8.11. The van der Waals surface area contributed by atoms with Gasteiger partial charge in [-0.15, -0.1) is 0 Å². The van der Waals surface area contributed by atoms with Crippen LogP contribution in [0, 0.1) is 0 Å². The van der Waals surface area contributed by atoms with Crippen LogP contribution < -0.4 is 5.73 Å². The molecule has 2 aliphatic rings. The highest BCUT2D eigenvalue weighted by atomic mass is 16.5. The molecular weight excluding hydrogens is 278 g/mol. The fraction of sp³-hybridized carbons (Fsp3) is 0.750. The van der Waals surface area contributed by atoms with Crippen LogP contribution in [-0.2, 0) is 4.74 Å². The van der Waals surface area contributed by atoms with E-state index in [9.17, 15) is 0 Å². The van der Waals surface area contributed by atoms with Crippen molar-refractivity contribution in [2.45, 2.75) is 69.9 Å². The average Bonchev–Trinajstić information content (AvgIpc) is 3.13. The Morgan fingerprint density at radius 2 is 2.14 bits per heavy atom. The number of guanidine groups is 1. The number of nitrogens with two attached hydrogens (primary N) is 1. The Kier molecular flexibility index (Phi) is 3.89. The summed E-state index contributed by atoms with van der Waals surface area (Å²) in [4.78, 5) is 6.84. The molecule has 3 rings (SSSR count). The maximum Gasteiger partial charge on any atom is 0.191 e. The van der Waals surface area contributed by atoms with Crippen molar-refractivity contribution in [2.24, 2.45) is 10.7 Å². The van der Waals surface area contributed by atoms with Crippen LogP contribution in [0.3, 0.4) is 0 Å². The normalized spacial score (nSPS) is 29.3. The van der Waals surface area contributed by atoms with E-state index in [0.717, 1.165) is 6.42 Å². The fourth-order valence-corrected chi connectivity index (χ4v) is 2.98. The van der Waals surface area contributed by atoms with Crippen molar-refractivity contribution in [3.05, 3.63) is 18.5 Å². The standard InChI is InChI=1S/C16H27N5O/c1-16(2,3)22-13-10-12(14(13)21-9-5-8-18-21)19-15(17)20(4)11-6-7-11/h5,8-9,11-14H,6-7,10H2,1-4H3,(H2,17,19). The minimum Gasteiger partial charge on any atom is -0.370 e. The molecule has 6 nitrogen and oxygen atoms in total. The third kappa shape index (κ3) is 3.27. The third-order valence-electron chi connectivity index (χ3n) is 4.34. The smallest absolute Gasteiger partial charge is 0.191 e. The van der Waals surface area contributed by atoms with Crippen LogP contribution in [-0.4, -0.2) is 51.5 Å². The van der Waals surface area contributed by atoms with Crippen LogP contribution in [0.1, 0.15) is 46.1 Å². The Bertz CT molecular complexity index is 529. The summed E-state index contributed by atoms with van der Waals surface area (Å²) in [6, 6.07) is 2.77. The van der Waals surface area contributed by atoms with Gasteiger partial charge in [0, 0.05) is 31.9 Å². The van der Waals surface area contributed by atoms with Gasteiger partial charge in [0.25, 0.3) is 0 Å². The lowest BCUT2D eigenvalue weighted by Gasteiger charge is -2.45. The molecule has 6 heteroatoms. The van der Waals surface area contributed by atoms with E-state index in [1.54, 1.807) is 6.20 Å². The average molecular weight is 305 g/mol. The van der Waals surface area contributed by atoms with Gasteiger partial charge in [-0.2, -0.15) is 5.10 Å². The van der Waals surface area contributed by atoms with Gasteiger partial charge in [-0.05, 0) is 39.7 Å². The van der Waals surface area contributed by atoms with Crippen LogP contribution in [0.4, 0.5) is 0 Å². The highest BCUT2D eigenvalue weighted by Gasteiger charge is 2.46. The SMILES string of the molecule is CN(C(N)=NC1CC(OC(C)(C)C)C1n1cccn1)C1CC1. The van der Waals surface area contributed by atoms with Crippen molar-refractivity contribution >= 4 is 5.96 Å². The zero-order chi connectivity index (χ0) is 15.9. The van der Waals surface area contributed by atoms with E-state index < -0.39 is 0 Å². The largest absolute Gasteiger partial charge is 0.370 e. The molecule has 2 N–H and O–H groups in total. The van der Waals surface area contributed by atoms with Crippen LogP contribution in [0.5, 0.6) is 0 Å². The van der Waals surface area contributed by atoms with Crippen molar-refractivity contribution in [1.29, 1.82) is 0 Å². The molecule has 0 aromatic carbocycles. The van der Waals surface area contributed by atoms with Gasteiger partial charge in [0.05, 0.1) is 17.7 Å². The molecule has 0 amide bonds. The molecule has 0 aliphatic heterocycles. The van der Waals surface area contributed by atoms with Crippen LogP contribution in [0.15, 0.2) is 23.5 Å². The minimum atomic E-state index is -0.166. The van der Waals surface area contributed by atoms with Gasteiger partial charge in [0.15, 0.2) is 5.96 Å². The second-order valence-electron chi connectivity index (χ2n) is 7.38. The zero-order valence-electron chi connectivity index (χ0n) is 13.9. The number of aromatic nitrogens is 2. The number of ether oxygens (including phenoxy) is 1. The van der Waals surface area contributed by atoms with Gasteiger partial charge < -0.3 is 15.4 Å². The fourth-order valence-electron chi connectivity index (χ4n) is 2.98. The third-order valence-corrected chi connectivity index (χ3v) is 4.34. The first kappa shape index (κ1) is 15.3. The lowest BCUT2D eigenvalue weighted by molar-refractivity contribution is -0.128. The molecule has 2 fully saturated rings. The minimum absolute atomic E-state index is 0.125. The summed E-state index contributed by atoms with van der Waals surface area (Å²) in [7, 11) is 2.03. The van der Waals surface area contributed by atoms with Gasteiger partial charge >= 0.3 is 0 Å². The van der Waals surface area contributed by atoms with Crippen LogP contribution >= 0.6 is 0 Å². The number of hydrogen-bond acceptors (Lipinski definition) is 3. The molecule has 0 spiro atoms. The van der Waals surface area contributed by atoms with Gasteiger partial charge in [-0.1, -0.05) is 0 Å². The molecule has 0 saturated heterocycles. The summed E-state index contributed by atoms with van der Waals surface area (Å²) >= 11 is 0. The Hall–Kier alpha value is -1.56. The van der Waals surface area contributed by atoms with Gasteiger partial charge in [-0.25, -0.2) is 4.99 Å². The quantitative estimate of drug-likeness (QED) is 0.680. The second kappa shape index (κ2) is 5.57. The lowest BCUT2D eigenvalue weighted by atomic mass is 9.82. The molecule has 0 bridgehead atoms. The number of aliphatic imine (C=N–C) groups is 1. The summed E-state index contributed by atoms with van der Waals surface area (Å²) in [5.41, 5.74) is 6.00. The Morgan fingerprint density at radius 3 is 2.68 bits per heavy atom. The molecule has 3 atom stereocenters. The summed E-state index contributed by atoms with van der Waals surface area (Å²) in [6.45, 7) is 6.25. The molecule has 1 aromatic rings. The molecule has 22 heavy (non-hydrogen) atoms. The van der Waals surface area contributed by atoms with E-state index in [4.69, 9.17) is 15.5 Å². The Balaban J connectivity index is 1.73. The molecule has 2 aliphatic carbocycles. The summed E-state index contributed by atoms with van der Waals surface area (Å²) in [5.74, 6) is 0.638. The highest BCUT2D eigenvalue weighted by molar-refractivity contribution is 5.78. The van der Waals surface area contributed by atoms with Crippen molar-refractivity contribution in [3.8, 4) is 0 Å². The van der Waals surface area contributed by atoms with Gasteiger partial charge in [0.2, 0.25) is 0 Å². The van der Waals surface area contributed by atoms with E-state index in [1.807, 2.05) is 24.0 Å². The number of hydrogen-bond donors (Lipinski definition) is 1. The van der Waals surface area contributed by atoms with E-state index in [1.165, 1.54) is 12.8 Å². The summed E-state index contributed by atoms with van der Waals surface area (Å²) in [5, 5.41) is 4.38. The van der Waals surface area contributed by atoms with Crippen molar-refractivity contribution < 1.29 is 4.74 Å². The topological polar surface area (TPSA) is 68.7 Å². The molecule has 2 saturated carbocycles. The summed E-state index contributed by atoms with van der Waals surface area (Å²) in [6.07, 6.45) is 7.23. The Labute approximate surface area is 132 Å². The Morgan fingerprint density at radius 1 is 1.41 bits per heavy atom. The van der Waals surface area contributed by atoms with Gasteiger partial charge in [0.1, 0.15) is 6.04 Å². The number of nitrogens with zero attached hydrogens (tertiary/aromatic N) is 4. The van der Waals surface area contributed by atoms with E-state index in [-0.39, 0.29) is 23.8 Å². The predicted octanol–water partition coefficient (Wildman–Crippen LogP) is 1.79. The van der Waals surface area contributed by atoms with E-state index >= 15 is 0 Å². The van der Waals surface area contributed by atoms with Crippen LogP contribution in [0.25, 0.3) is 0 Å². The number of rotatable bonds is 4. The first-order chi connectivity index (χ1) is 10.3. The maximum atomic E-state index is 6.16. The first-order valence-corrected chi connectivity index (χ1v) is 8.08. The van der Waals surface area contributed by atoms with Crippen molar-refractivity contribution in [1.82, 2.24) is 14.7 Å². The highest BCUT2D eigenvalue weighted by Crippen LogP contribution is 2.39. The molecule has 122 valence electrons. The first-order valence-electron chi connectivity index (χ1n) is 8.08. The molecule has 0 radical (unpaired) electrons. The van der Waals surface area contributed by atoms with Crippen molar-refractivity contribution in [2.75, 3.05) is 7.05 Å². The van der Waals surface area contributed by atoms with Crippen molar-refractivity contribution in [3.63, 3.8) is 0 Å². The molecule has 3 unspecified atom stereocenters. The predicted molar refractivity (Wildman–Crippen MR) is 86.7 cm³/mol.